The summed E-state index contributed by atoms with van der Waals surface area (Å²) < 4.78 is 0. The fraction of sp³-hybridized carbons (Fsp3) is 0.167. The van der Waals surface area contributed by atoms with Crippen molar-refractivity contribution in [1.29, 1.82) is 0 Å². The lowest BCUT2D eigenvalue weighted by Crippen LogP contribution is -2.18. The molecule has 2 aromatic carbocycles. The van der Waals surface area contributed by atoms with Gasteiger partial charge in [0.25, 0.3) is 0 Å². The molecule has 3 heteroatoms. The lowest BCUT2D eigenvalue weighted by molar-refractivity contribution is -0.132. The van der Waals surface area contributed by atoms with Crippen LogP contribution in [0.2, 0.25) is 0 Å². The largest absolute Gasteiger partial charge is 0.478 e. The van der Waals surface area contributed by atoms with Gasteiger partial charge < -0.3 is 5.11 Å². The Morgan fingerprint density at radius 2 is 1.63 bits per heavy atom. The second-order valence-corrected chi connectivity index (χ2v) is 6.95. The maximum Gasteiger partial charge on any atom is 0.337 e. The first kappa shape index (κ1) is 18.6. The van der Waals surface area contributed by atoms with Crippen molar-refractivity contribution < 1.29 is 9.90 Å². The Kier molecular flexibility index (Phi) is 5.22. The van der Waals surface area contributed by atoms with Gasteiger partial charge in [0.1, 0.15) is 0 Å². The third-order valence-corrected chi connectivity index (χ3v) is 4.48. The van der Waals surface area contributed by atoms with Crippen molar-refractivity contribution in [3.63, 3.8) is 0 Å². The summed E-state index contributed by atoms with van der Waals surface area (Å²) in [5.74, 6) is -0.988. The van der Waals surface area contributed by atoms with E-state index in [0.717, 1.165) is 16.7 Å². The van der Waals surface area contributed by atoms with Crippen LogP contribution in [-0.2, 0) is 4.79 Å². The third kappa shape index (κ3) is 3.98. The van der Waals surface area contributed by atoms with Crippen LogP contribution in [0.5, 0.6) is 0 Å². The van der Waals surface area contributed by atoms with Crippen molar-refractivity contribution >= 4 is 17.3 Å². The van der Waals surface area contributed by atoms with Crippen LogP contribution in [-0.4, -0.2) is 22.8 Å². The molecular weight excluding hydrogens is 334 g/mol. The number of nitrogens with zero attached hydrogens (tertiary/aromatic N) is 1. The van der Waals surface area contributed by atoms with Crippen molar-refractivity contribution in [3.8, 4) is 11.1 Å². The predicted molar refractivity (Wildman–Crippen MR) is 112 cm³/mol. The standard InChI is InChI=1S/C24H23NO2/c1-15(2)25-23-17(4)13-20(14-22(23)24(26)27)18-9-11-19(12-10-18)21-8-6-5-7-16(21)3/h5-15H,4H2,1-3H3,(H,26,27)/b25-23+. The number of benzene rings is 2. The quantitative estimate of drug-likeness (QED) is 0.788. The highest BCUT2D eigenvalue weighted by molar-refractivity contribution is 6.30. The molecule has 0 spiro atoms. The lowest BCUT2D eigenvalue weighted by Gasteiger charge is -2.17. The molecule has 0 aliphatic heterocycles. The predicted octanol–water partition coefficient (Wildman–Crippen LogP) is 5.48. The number of aliphatic carboxylic acids is 1. The van der Waals surface area contributed by atoms with E-state index in [2.05, 4.69) is 42.8 Å². The van der Waals surface area contributed by atoms with Gasteiger partial charge in [-0.1, -0.05) is 55.1 Å². The van der Waals surface area contributed by atoms with E-state index in [4.69, 9.17) is 0 Å². The Labute approximate surface area is 160 Å². The van der Waals surface area contributed by atoms with Crippen molar-refractivity contribution in [3.05, 3.63) is 89.5 Å². The van der Waals surface area contributed by atoms with Gasteiger partial charge in [-0.3, -0.25) is 4.99 Å². The van der Waals surface area contributed by atoms with E-state index < -0.39 is 5.97 Å². The molecule has 0 amide bonds. The molecule has 0 saturated heterocycles. The molecule has 0 heterocycles. The van der Waals surface area contributed by atoms with Crippen LogP contribution < -0.4 is 0 Å². The summed E-state index contributed by atoms with van der Waals surface area (Å²) in [6, 6.07) is 16.4. The molecule has 0 radical (unpaired) electrons. The summed E-state index contributed by atoms with van der Waals surface area (Å²) in [6.45, 7) is 9.95. The van der Waals surface area contributed by atoms with Crippen molar-refractivity contribution in [2.75, 3.05) is 0 Å². The Morgan fingerprint density at radius 3 is 2.22 bits per heavy atom. The number of aryl methyl sites for hydroxylation is 1. The van der Waals surface area contributed by atoms with E-state index in [-0.39, 0.29) is 11.6 Å². The number of rotatable bonds is 4. The lowest BCUT2D eigenvalue weighted by atomic mass is 9.89. The first-order chi connectivity index (χ1) is 12.9. The number of carboxylic acid groups (broad SMARTS) is 1. The van der Waals surface area contributed by atoms with Crippen molar-refractivity contribution in [2.45, 2.75) is 26.8 Å². The summed E-state index contributed by atoms with van der Waals surface area (Å²) in [7, 11) is 0. The van der Waals surface area contributed by atoms with Gasteiger partial charge in [0.15, 0.2) is 0 Å². The molecule has 0 fully saturated rings. The maximum atomic E-state index is 11.7. The van der Waals surface area contributed by atoms with Gasteiger partial charge in [-0.05, 0) is 66.3 Å². The topological polar surface area (TPSA) is 49.7 Å². The third-order valence-electron chi connectivity index (χ3n) is 4.48. The summed E-state index contributed by atoms with van der Waals surface area (Å²) in [4.78, 5) is 16.2. The molecule has 3 rings (SSSR count). The molecular formula is C24H23NO2. The number of carboxylic acids is 1. The Hall–Kier alpha value is -3.20. The minimum absolute atomic E-state index is 0.00263. The first-order valence-corrected chi connectivity index (χ1v) is 8.97. The van der Waals surface area contributed by atoms with Crippen LogP contribution in [0, 0.1) is 6.92 Å². The number of allylic oxidation sites excluding steroid dienone is 4. The fourth-order valence-corrected chi connectivity index (χ4v) is 3.17. The molecule has 1 aliphatic rings. The molecule has 0 saturated carbocycles. The second-order valence-electron chi connectivity index (χ2n) is 6.95. The van der Waals surface area contributed by atoms with Crippen LogP contribution >= 0.6 is 0 Å². The van der Waals surface area contributed by atoms with Gasteiger partial charge >= 0.3 is 5.97 Å². The number of carbonyl (C=O) groups is 1. The van der Waals surface area contributed by atoms with Gasteiger partial charge in [0.05, 0.1) is 11.3 Å². The zero-order valence-corrected chi connectivity index (χ0v) is 15.9. The van der Waals surface area contributed by atoms with Crippen molar-refractivity contribution in [1.82, 2.24) is 0 Å². The normalized spacial score (nSPS) is 15.7. The van der Waals surface area contributed by atoms with Crippen molar-refractivity contribution in [2.24, 2.45) is 4.99 Å². The Bertz CT molecular complexity index is 989. The molecule has 1 N–H and O–H groups in total. The van der Waals surface area contributed by atoms with Crippen LogP contribution in [0.15, 0.2) is 83.4 Å². The van der Waals surface area contributed by atoms with Crippen LogP contribution in [0.1, 0.15) is 25.0 Å². The summed E-state index contributed by atoms with van der Waals surface area (Å²) >= 11 is 0. The molecule has 27 heavy (non-hydrogen) atoms. The molecule has 3 nitrogen and oxygen atoms in total. The molecule has 0 aromatic heterocycles. The minimum atomic E-state index is -0.988. The highest BCUT2D eigenvalue weighted by Crippen LogP contribution is 2.30. The van der Waals surface area contributed by atoms with Gasteiger partial charge in [-0.2, -0.15) is 0 Å². The summed E-state index contributed by atoms with van der Waals surface area (Å²) in [5.41, 5.74) is 6.61. The fourth-order valence-electron chi connectivity index (χ4n) is 3.17. The van der Waals surface area contributed by atoms with E-state index in [0.29, 0.717) is 11.3 Å². The molecule has 2 aromatic rings. The number of hydrogen-bond acceptors (Lipinski definition) is 2. The SMILES string of the molecule is C=C1C=C(c2ccc(-c3ccccc3C)cc2)C=C(C(=O)O)/C1=N/C(C)C. The van der Waals surface area contributed by atoms with E-state index in [9.17, 15) is 9.90 Å². The average Bonchev–Trinajstić information content (AvgIpc) is 2.63. The minimum Gasteiger partial charge on any atom is -0.478 e. The highest BCUT2D eigenvalue weighted by Gasteiger charge is 2.22. The maximum absolute atomic E-state index is 11.7. The smallest absolute Gasteiger partial charge is 0.337 e. The van der Waals surface area contributed by atoms with Crippen LogP contribution in [0.4, 0.5) is 0 Å². The van der Waals surface area contributed by atoms with Gasteiger partial charge in [0, 0.05) is 6.04 Å². The molecule has 0 atom stereocenters. The van der Waals surface area contributed by atoms with Gasteiger partial charge in [-0.15, -0.1) is 0 Å². The summed E-state index contributed by atoms with van der Waals surface area (Å²) in [5, 5.41) is 9.61. The zero-order chi connectivity index (χ0) is 19.6. The molecule has 0 unspecified atom stereocenters. The number of aliphatic imine (C=N–C) groups is 1. The van der Waals surface area contributed by atoms with E-state index in [1.165, 1.54) is 11.1 Å². The summed E-state index contributed by atoms with van der Waals surface area (Å²) in [6.07, 6.45) is 3.58. The van der Waals surface area contributed by atoms with Gasteiger partial charge in [-0.25, -0.2) is 4.79 Å². The second kappa shape index (κ2) is 7.58. The molecule has 0 bridgehead atoms. The van der Waals surface area contributed by atoms with Crippen LogP contribution in [0.25, 0.3) is 16.7 Å². The monoisotopic (exact) mass is 357 g/mol. The Balaban J connectivity index is 1.98. The van der Waals surface area contributed by atoms with E-state index in [1.807, 2.05) is 44.2 Å². The molecule has 1 aliphatic carbocycles. The first-order valence-electron chi connectivity index (χ1n) is 8.97. The van der Waals surface area contributed by atoms with E-state index >= 15 is 0 Å². The average molecular weight is 357 g/mol. The zero-order valence-electron chi connectivity index (χ0n) is 15.9. The van der Waals surface area contributed by atoms with Crippen LogP contribution in [0.3, 0.4) is 0 Å². The Morgan fingerprint density at radius 1 is 1.00 bits per heavy atom. The highest BCUT2D eigenvalue weighted by atomic mass is 16.4. The van der Waals surface area contributed by atoms with E-state index in [1.54, 1.807) is 6.08 Å². The molecule has 136 valence electrons. The van der Waals surface area contributed by atoms with Gasteiger partial charge in [0.2, 0.25) is 0 Å². The number of hydrogen-bond donors (Lipinski definition) is 1.